The van der Waals surface area contributed by atoms with E-state index in [1.165, 1.54) is 0 Å². The summed E-state index contributed by atoms with van der Waals surface area (Å²) in [5.74, 6) is -1.13. The number of carbonyl (C=O) groups is 2. The molecule has 2 N–H and O–H groups in total. The van der Waals surface area contributed by atoms with Crippen molar-refractivity contribution in [1.82, 2.24) is 5.32 Å². The molecule has 1 aliphatic carbocycles. The number of hydrogen-bond acceptors (Lipinski definition) is 3. The highest BCUT2D eigenvalue weighted by atomic mass is 16.5. The van der Waals surface area contributed by atoms with Gasteiger partial charge in [0.2, 0.25) is 5.91 Å². The molecule has 96 valence electrons. The average Bonchev–Trinajstić information content (AvgIpc) is 2.86. The van der Waals surface area contributed by atoms with Crippen molar-refractivity contribution in [2.24, 2.45) is 0 Å². The van der Waals surface area contributed by atoms with E-state index < -0.39 is 18.2 Å². The van der Waals surface area contributed by atoms with E-state index in [0.29, 0.717) is 12.8 Å². The molecule has 17 heavy (non-hydrogen) atoms. The first-order valence-corrected chi connectivity index (χ1v) is 6.20. The van der Waals surface area contributed by atoms with Crippen molar-refractivity contribution in [3.8, 4) is 0 Å². The van der Waals surface area contributed by atoms with Gasteiger partial charge in [-0.25, -0.2) is 4.79 Å². The summed E-state index contributed by atoms with van der Waals surface area (Å²) in [6.07, 6.45) is 3.78. The first kappa shape index (κ1) is 12.4. The second-order valence-electron chi connectivity index (χ2n) is 5.29. The second kappa shape index (κ2) is 4.64. The number of hydrogen-bond donors (Lipinski definition) is 2. The number of amides is 1. The van der Waals surface area contributed by atoms with Crippen LogP contribution in [0, 0.1) is 0 Å². The summed E-state index contributed by atoms with van der Waals surface area (Å²) >= 11 is 0. The summed E-state index contributed by atoms with van der Waals surface area (Å²) in [6.45, 7) is 2.04. The van der Waals surface area contributed by atoms with Gasteiger partial charge in [0.25, 0.3) is 0 Å². The lowest BCUT2D eigenvalue weighted by molar-refractivity contribution is -0.152. The third-order valence-corrected chi connectivity index (χ3v) is 3.72. The molecule has 2 fully saturated rings. The number of aliphatic carboxylic acids is 1. The third kappa shape index (κ3) is 2.77. The minimum absolute atomic E-state index is 0.123. The van der Waals surface area contributed by atoms with Gasteiger partial charge in [-0.15, -0.1) is 0 Å². The number of ether oxygens (including phenoxy) is 1. The van der Waals surface area contributed by atoms with E-state index in [1.807, 2.05) is 6.92 Å². The van der Waals surface area contributed by atoms with Gasteiger partial charge in [-0.3, -0.25) is 4.79 Å². The highest BCUT2D eigenvalue weighted by Crippen LogP contribution is 2.30. The third-order valence-electron chi connectivity index (χ3n) is 3.72. The molecule has 1 aliphatic heterocycles. The predicted molar refractivity (Wildman–Crippen MR) is 60.5 cm³/mol. The molecule has 1 heterocycles. The molecule has 0 radical (unpaired) electrons. The van der Waals surface area contributed by atoms with E-state index >= 15 is 0 Å². The van der Waals surface area contributed by atoms with Crippen LogP contribution in [0.5, 0.6) is 0 Å². The van der Waals surface area contributed by atoms with Crippen LogP contribution in [0.25, 0.3) is 0 Å². The fourth-order valence-corrected chi connectivity index (χ4v) is 2.67. The van der Waals surface area contributed by atoms with Crippen LogP contribution >= 0.6 is 0 Å². The van der Waals surface area contributed by atoms with Crippen LogP contribution in [0.3, 0.4) is 0 Å². The molecular formula is C12H19NO4. The zero-order valence-corrected chi connectivity index (χ0v) is 10.1. The number of nitrogens with one attached hydrogen (secondary N) is 1. The Kier molecular flexibility index (Phi) is 3.38. The number of rotatable bonds is 3. The highest BCUT2D eigenvalue weighted by Gasteiger charge is 2.38. The van der Waals surface area contributed by atoms with Gasteiger partial charge in [0.15, 0.2) is 6.10 Å². The fourth-order valence-electron chi connectivity index (χ4n) is 2.67. The molecule has 1 saturated carbocycles. The van der Waals surface area contributed by atoms with E-state index in [1.54, 1.807) is 0 Å². The number of carbonyl (C=O) groups excluding carboxylic acids is 1. The minimum atomic E-state index is -0.979. The van der Waals surface area contributed by atoms with Crippen molar-refractivity contribution in [1.29, 1.82) is 0 Å². The van der Waals surface area contributed by atoms with Crippen LogP contribution in [-0.2, 0) is 14.3 Å². The van der Waals surface area contributed by atoms with Gasteiger partial charge in [0.05, 0.1) is 0 Å². The van der Waals surface area contributed by atoms with Gasteiger partial charge in [-0.05, 0) is 32.6 Å². The summed E-state index contributed by atoms with van der Waals surface area (Å²) in [5.41, 5.74) is -0.123. The number of carboxylic acids is 1. The van der Waals surface area contributed by atoms with Gasteiger partial charge >= 0.3 is 5.97 Å². The summed E-state index contributed by atoms with van der Waals surface area (Å²) in [6, 6.07) is 0. The Morgan fingerprint density at radius 2 is 1.82 bits per heavy atom. The molecule has 1 amide bonds. The van der Waals surface area contributed by atoms with E-state index in [0.717, 1.165) is 25.7 Å². The van der Waals surface area contributed by atoms with Crippen molar-refractivity contribution in [3.63, 3.8) is 0 Å². The summed E-state index contributed by atoms with van der Waals surface area (Å²) in [4.78, 5) is 22.7. The summed E-state index contributed by atoms with van der Waals surface area (Å²) < 4.78 is 5.23. The lowest BCUT2D eigenvalue weighted by Crippen LogP contribution is -2.48. The Hall–Kier alpha value is -1.10. The number of carboxylic acid groups (broad SMARTS) is 1. The Balaban J connectivity index is 1.87. The normalized spacial score (nSPS) is 31.4. The van der Waals surface area contributed by atoms with Crippen LogP contribution in [0.15, 0.2) is 0 Å². The van der Waals surface area contributed by atoms with Gasteiger partial charge in [0, 0.05) is 5.54 Å². The zero-order valence-electron chi connectivity index (χ0n) is 10.1. The van der Waals surface area contributed by atoms with Crippen LogP contribution < -0.4 is 5.32 Å². The summed E-state index contributed by atoms with van der Waals surface area (Å²) in [7, 11) is 0. The Bertz CT molecular complexity index is 322. The molecule has 2 rings (SSSR count). The van der Waals surface area contributed by atoms with Crippen molar-refractivity contribution >= 4 is 11.9 Å². The van der Waals surface area contributed by atoms with Gasteiger partial charge in [-0.2, -0.15) is 0 Å². The minimum Gasteiger partial charge on any atom is -0.479 e. The quantitative estimate of drug-likeness (QED) is 0.775. The standard InChI is InChI=1S/C12H19NO4/c1-12(6-2-3-7-12)13-10(14)8-4-5-9(17-8)11(15)16/h8-9H,2-7H2,1H3,(H,13,14)(H,15,16)/t8-,9+/m0/s1. The molecule has 1 saturated heterocycles. The van der Waals surface area contributed by atoms with Crippen LogP contribution in [0.4, 0.5) is 0 Å². The lowest BCUT2D eigenvalue weighted by atomic mass is 10.00. The van der Waals surface area contributed by atoms with Crippen molar-refractivity contribution in [3.05, 3.63) is 0 Å². The first-order chi connectivity index (χ1) is 8.00. The maximum Gasteiger partial charge on any atom is 0.332 e. The molecule has 2 aliphatic rings. The Morgan fingerprint density at radius 3 is 2.35 bits per heavy atom. The molecule has 2 atom stereocenters. The largest absolute Gasteiger partial charge is 0.479 e. The van der Waals surface area contributed by atoms with E-state index in [-0.39, 0.29) is 11.4 Å². The van der Waals surface area contributed by atoms with Crippen molar-refractivity contribution in [2.75, 3.05) is 0 Å². The van der Waals surface area contributed by atoms with Crippen LogP contribution in [0.1, 0.15) is 45.4 Å². The molecule has 0 spiro atoms. The Morgan fingerprint density at radius 1 is 1.24 bits per heavy atom. The van der Waals surface area contributed by atoms with Gasteiger partial charge < -0.3 is 15.2 Å². The van der Waals surface area contributed by atoms with E-state index in [4.69, 9.17) is 9.84 Å². The molecule has 0 unspecified atom stereocenters. The van der Waals surface area contributed by atoms with Crippen molar-refractivity contribution in [2.45, 2.75) is 63.2 Å². The average molecular weight is 241 g/mol. The SMILES string of the molecule is CC1(NC(=O)[C@@H]2CC[C@H](C(=O)O)O2)CCCC1. The van der Waals surface area contributed by atoms with Gasteiger partial charge in [-0.1, -0.05) is 12.8 Å². The zero-order chi connectivity index (χ0) is 12.5. The molecule has 5 heteroatoms. The maximum atomic E-state index is 11.9. The Labute approximate surface area is 101 Å². The van der Waals surface area contributed by atoms with Crippen LogP contribution in [0.2, 0.25) is 0 Å². The highest BCUT2D eigenvalue weighted by molar-refractivity contribution is 5.83. The lowest BCUT2D eigenvalue weighted by Gasteiger charge is -2.26. The van der Waals surface area contributed by atoms with Gasteiger partial charge in [0.1, 0.15) is 6.10 Å². The van der Waals surface area contributed by atoms with Crippen molar-refractivity contribution < 1.29 is 19.4 Å². The van der Waals surface area contributed by atoms with Crippen LogP contribution in [-0.4, -0.2) is 34.7 Å². The maximum absolute atomic E-state index is 11.9. The van der Waals surface area contributed by atoms with E-state index in [2.05, 4.69) is 5.32 Å². The fraction of sp³-hybridized carbons (Fsp3) is 0.833. The predicted octanol–water partition coefficient (Wildman–Crippen LogP) is 1.07. The first-order valence-electron chi connectivity index (χ1n) is 6.20. The monoisotopic (exact) mass is 241 g/mol. The second-order valence-corrected chi connectivity index (χ2v) is 5.29. The molecule has 0 bridgehead atoms. The molecule has 0 aromatic heterocycles. The molecule has 0 aromatic rings. The molecule has 0 aromatic carbocycles. The smallest absolute Gasteiger partial charge is 0.332 e. The summed E-state index contributed by atoms with van der Waals surface area (Å²) in [5, 5.41) is 11.8. The molecular weight excluding hydrogens is 222 g/mol. The van der Waals surface area contributed by atoms with E-state index in [9.17, 15) is 9.59 Å². The molecule has 5 nitrogen and oxygen atoms in total. The topological polar surface area (TPSA) is 75.6 Å².